The van der Waals surface area contributed by atoms with E-state index >= 15 is 0 Å². The lowest BCUT2D eigenvalue weighted by molar-refractivity contribution is 0.492. The summed E-state index contributed by atoms with van der Waals surface area (Å²) in [6.07, 6.45) is 1.83. The maximum Gasteiger partial charge on any atom is 0.225 e. The standard InChI is InChI=1S/C10H15BrN4.2ClH/c1-7-5-12-3-4-15(7)10-13-6-9(11)8(2)14-10;;/h6-7,12H,3-5H2,1-2H3;2*1H. The minimum atomic E-state index is 0. The molecule has 0 bridgehead atoms. The Bertz CT molecular complexity index is 364. The van der Waals surface area contributed by atoms with Crippen LogP contribution in [-0.4, -0.2) is 35.6 Å². The molecule has 17 heavy (non-hydrogen) atoms. The SMILES string of the molecule is Cc1nc(N2CCNCC2C)ncc1Br.Cl.Cl. The van der Waals surface area contributed by atoms with Gasteiger partial charge in [-0.15, -0.1) is 24.8 Å². The van der Waals surface area contributed by atoms with Crippen molar-refractivity contribution < 1.29 is 0 Å². The van der Waals surface area contributed by atoms with Crippen LogP contribution in [-0.2, 0) is 0 Å². The molecule has 0 aliphatic carbocycles. The van der Waals surface area contributed by atoms with Gasteiger partial charge in [-0.05, 0) is 29.8 Å². The molecule has 1 fully saturated rings. The summed E-state index contributed by atoms with van der Waals surface area (Å²) in [5, 5.41) is 3.35. The van der Waals surface area contributed by atoms with Crippen LogP contribution >= 0.6 is 40.7 Å². The number of piperazine rings is 1. The number of nitrogens with one attached hydrogen (secondary N) is 1. The number of hydrogen-bond donors (Lipinski definition) is 1. The first-order chi connectivity index (χ1) is 7.18. The van der Waals surface area contributed by atoms with Crippen molar-refractivity contribution in [3.63, 3.8) is 0 Å². The van der Waals surface area contributed by atoms with Crippen LogP contribution in [0.15, 0.2) is 10.7 Å². The van der Waals surface area contributed by atoms with Gasteiger partial charge in [0.15, 0.2) is 0 Å². The second-order valence-electron chi connectivity index (χ2n) is 3.85. The third kappa shape index (κ3) is 3.95. The molecule has 7 heteroatoms. The van der Waals surface area contributed by atoms with Crippen LogP contribution in [0.2, 0.25) is 0 Å². The van der Waals surface area contributed by atoms with Gasteiger partial charge < -0.3 is 10.2 Å². The second-order valence-corrected chi connectivity index (χ2v) is 4.70. The minimum Gasteiger partial charge on any atom is -0.336 e. The molecule has 2 rings (SSSR count). The number of hydrogen-bond acceptors (Lipinski definition) is 4. The van der Waals surface area contributed by atoms with E-state index in [0.29, 0.717) is 6.04 Å². The Balaban J connectivity index is 0.00000128. The molecule has 1 aliphatic heterocycles. The summed E-state index contributed by atoms with van der Waals surface area (Å²) < 4.78 is 0.967. The van der Waals surface area contributed by atoms with Crippen LogP contribution in [0, 0.1) is 6.92 Å². The van der Waals surface area contributed by atoms with Crippen LogP contribution < -0.4 is 10.2 Å². The third-order valence-corrected chi connectivity index (χ3v) is 3.44. The van der Waals surface area contributed by atoms with E-state index in [0.717, 1.165) is 35.7 Å². The lowest BCUT2D eigenvalue weighted by Crippen LogP contribution is -2.50. The van der Waals surface area contributed by atoms with E-state index in [1.54, 1.807) is 0 Å². The number of halogens is 3. The molecular weight excluding hydrogens is 327 g/mol. The normalized spacial score (nSPS) is 19.2. The summed E-state index contributed by atoms with van der Waals surface area (Å²) in [5.41, 5.74) is 0.991. The highest BCUT2D eigenvalue weighted by Crippen LogP contribution is 2.18. The molecule has 1 unspecified atom stereocenters. The van der Waals surface area contributed by atoms with Gasteiger partial charge in [0.25, 0.3) is 0 Å². The Labute approximate surface area is 123 Å². The van der Waals surface area contributed by atoms with Crippen LogP contribution in [0.4, 0.5) is 5.95 Å². The number of aromatic nitrogens is 2. The van der Waals surface area contributed by atoms with Crippen LogP contribution in [0.1, 0.15) is 12.6 Å². The molecule has 1 aliphatic rings. The first-order valence-corrected chi connectivity index (χ1v) is 5.94. The fraction of sp³-hybridized carbons (Fsp3) is 0.600. The summed E-state index contributed by atoms with van der Waals surface area (Å²) in [7, 11) is 0. The maximum absolute atomic E-state index is 4.49. The van der Waals surface area contributed by atoms with Crippen LogP contribution in [0.25, 0.3) is 0 Å². The Morgan fingerprint density at radius 1 is 1.47 bits per heavy atom. The monoisotopic (exact) mass is 342 g/mol. The Hall–Kier alpha value is -0.100. The van der Waals surface area contributed by atoms with Crippen molar-refractivity contribution in [2.75, 3.05) is 24.5 Å². The van der Waals surface area contributed by atoms with E-state index < -0.39 is 0 Å². The van der Waals surface area contributed by atoms with Crippen molar-refractivity contribution in [1.29, 1.82) is 0 Å². The molecule has 1 aromatic heterocycles. The molecule has 0 aromatic carbocycles. The molecule has 98 valence electrons. The molecule has 4 nitrogen and oxygen atoms in total. The molecule has 1 saturated heterocycles. The lowest BCUT2D eigenvalue weighted by atomic mass is 10.2. The van der Waals surface area contributed by atoms with Gasteiger partial charge in [-0.2, -0.15) is 0 Å². The van der Waals surface area contributed by atoms with Gasteiger partial charge in [0.05, 0.1) is 10.2 Å². The van der Waals surface area contributed by atoms with Crippen molar-refractivity contribution in [2.24, 2.45) is 0 Å². The molecule has 2 heterocycles. The largest absolute Gasteiger partial charge is 0.336 e. The highest BCUT2D eigenvalue weighted by Gasteiger charge is 2.20. The average molecular weight is 344 g/mol. The summed E-state index contributed by atoms with van der Waals surface area (Å²) >= 11 is 3.41. The van der Waals surface area contributed by atoms with Crippen LogP contribution in [0.3, 0.4) is 0 Å². The zero-order valence-electron chi connectivity index (χ0n) is 9.81. The summed E-state index contributed by atoms with van der Waals surface area (Å²) in [4.78, 5) is 11.1. The summed E-state index contributed by atoms with van der Waals surface area (Å²) in [6.45, 7) is 7.15. The number of aryl methyl sites for hydroxylation is 1. The third-order valence-electron chi connectivity index (χ3n) is 2.66. The first-order valence-electron chi connectivity index (χ1n) is 5.15. The van der Waals surface area contributed by atoms with E-state index in [4.69, 9.17) is 0 Å². The summed E-state index contributed by atoms with van der Waals surface area (Å²) in [6, 6.07) is 0.458. The molecule has 0 spiro atoms. The highest BCUT2D eigenvalue weighted by atomic mass is 79.9. The smallest absolute Gasteiger partial charge is 0.225 e. The van der Waals surface area contributed by atoms with Crippen molar-refractivity contribution in [2.45, 2.75) is 19.9 Å². The van der Waals surface area contributed by atoms with Crippen molar-refractivity contribution in [3.8, 4) is 0 Å². The lowest BCUT2D eigenvalue weighted by Gasteiger charge is -2.34. The molecule has 1 atom stereocenters. The van der Waals surface area contributed by atoms with E-state index in [9.17, 15) is 0 Å². The Morgan fingerprint density at radius 2 is 2.18 bits per heavy atom. The molecular formula is C10H17BrCl2N4. The van der Waals surface area contributed by atoms with Gasteiger partial charge >= 0.3 is 0 Å². The van der Waals surface area contributed by atoms with Crippen molar-refractivity contribution in [1.82, 2.24) is 15.3 Å². The molecule has 1 aromatic rings. The fourth-order valence-electron chi connectivity index (χ4n) is 1.72. The topological polar surface area (TPSA) is 41.1 Å². The highest BCUT2D eigenvalue weighted by molar-refractivity contribution is 9.10. The quantitative estimate of drug-likeness (QED) is 0.848. The second kappa shape index (κ2) is 7.36. The number of anilines is 1. The molecule has 1 N–H and O–H groups in total. The van der Waals surface area contributed by atoms with Gasteiger partial charge in [-0.25, -0.2) is 9.97 Å². The van der Waals surface area contributed by atoms with E-state index in [1.807, 2.05) is 13.1 Å². The van der Waals surface area contributed by atoms with E-state index in [1.165, 1.54) is 0 Å². The minimum absolute atomic E-state index is 0. The predicted octanol–water partition coefficient (Wildman–Crippen LogP) is 2.19. The Kier molecular flexibility index (Phi) is 7.32. The first kappa shape index (κ1) is 16.9. The maximum atomic E-state index is 4.49. The van der Waals surface area contributed by atoms with Gasteiger partial charge in [0.2, 0.25) is 5.95 Å². The van der Waals surface area contributed by atoms with E-state index in [2.05, 4.69) is 43.0 Å². The van der Waals surface area contributed by atoms with Crippen molar-refractivity contribution >= 4 is 46.7 Å². The molecule has 0 saturated carbocycles. The number of rotatable bonds is 1. The predicted molar refractivity (Wildman–Crippen MR) is 78.6 cm³/mol. The van der Waals surface area contributed by atoms with E-state index in [-0.39, 0.29) is 24.8 Å². The van der Waals surface area contributed by atoms with Crippen molar-refractivity contribution in [3.05, 3.63) is 16.4 Å². The Morgan fingerprint density at radius 3 is 2.76 bits per heavy atom. The van der Waals surface area contributed by atoms with Gasteiger partial charge in [0, 0.05) is 31.9 Å². The average Bonchev–Trinajstić information content (AvgIpc) is 2.23. The zero-order chi connectivity index (χ0) is 10.8. The summed E-state index contributed by atoms with van der Waals surface area (Å²) in [5.74, 6) is 0.838. The zero-order valence-corrected chi connectivity index (χ0v) is 13.0. The molecule has 0 radical (unpaired) electrons. The van der Waals surface area contributed by atoms with Gasteiger partial charge in [-0.1, -0.05) is 0 Å². The fourth-order valence-corrected chi connectivity index (χ4v) is 1.91. The number of nitrogens with zero attached hydrogens (tertiary/aromatic N) is 3. The molecule has 0 amide bonds. The van der Waals surface area contributed by atoms with Crippen LogP contribution in [0.5, 0.6) is 0 Å². The van der Waals surface area contributed by atoms with Gasteiger partial charge in [-0.3, -0.25) is 0 Å². The van der Waals surface area contributed by atoms with Gasteiger partial charge in [0.1, 0.15) is 0 Å².